The summed E-state index contributed by atoms with van der Waals surface area (Å²) >= 11 is 0. The van der Waals surface area contributed by atoms with Crippen LogP contribution in [0.4, 0.5) is 0 Å². The van der Waals surface area contributed by atoms with Crippen molar-refractivity contribution in [2.75, 3.05) is 19.6 Å². The van der Waals surface area contributed by atoms with Crippen LogP contribution in [0.2, 0.25) is 0 Å². The lowest BCUT2D eigenvalue weighted by Gasteiger charge is -2.33. The Morgan fingerprint density at radius 1 is 1.08 bits per heavy atom. The average molecular weight is 354 g/mol. The van der Waals surface area contributed by atoms with E-state index in [4.69, 9.17) is 0 Å². The van der Waals surface area contributed by atoms with E-state index in [9.17, 15) is 9.59 Å². The second kappa shape index (κ2) is 7.42. The summed E-state index contributed by atoms with van der Waals surface area (Å²) in [7, 11) is 0. The molecule has 0 aromatic heterocycles. The van der Waals surface area contributed by atoms with Crippen LogP contribution in [0.15, 0.2) is 24.3 Å². The number of piperidine rings is 1. The number of carbonyl (C=O) groups excluding carboxylic acids is 2. The topological polar surface area (TPSA) is 40.6 Å². The molecule has 2 aliphatic heterocycles. The molecule has 4 heteroatoms. The second-order valence-electron chi connectivity index (χ2n) is 8.47. The van der Waals surface area contributed by atoms with E-state index in [0.717, 1.165) is 45.2 Å². The maximum Gasteiger partial charge on any atom is 0.227 e. The maximum absolute atomic E-state index is 12.8. The maximum atomic E-state index is 12.8. The molecule has 2 saturated heterocycles. The smallest absolute Gasteiger partial charge is 0.227 e. The lowest BCUT2D eigenvalue weighted by molar-refractivity contribution is -0.137. The van der Waals surface area contributed by atoms with Crippen molar-refractivity contribution in [2.24, 2.45) is 11.8 Å². The van der Waals surface area contributed by atoms with Crippen molar-refractivity contribution < 1.29 is 9.59 Å². The molecule has 1 saturated carbocycles. The Morgan fingerprint density at radius 2 is 1.77 bits per heavy atom. The summed E-state index contributed by atoms with van der Waals surface area (Å²) in [6.45, 7) is 4.52. The fourth-order valence-corrected chi connectivity index (χ4v) is 4.46. The van der Waals surface area contributed by atoms with Crippen LogP contribution in [0, 0.1) is 18.8 Å². The first-order valence-electron chi connectivity index (χ1n) is 10.2. The van der Waals surface area contributed by atoms with Crippen LogP contribution in [0.1, 0.15) is 49.7 Å². The SMILES string of the molecule is Cc1ccc(CCC2CCN(C(=O)[C@@H]3CC(=O)N(C4CC4)C3)CC2)cc1. The number of nitrogens with zero attached hydrogens (tertiary/aromatic N) is 2. The van der Waals surface area contributed by atoms with Crippen LogP contribution < -0.4 is 0 Å². The second-order valence-corrected chi connectivity index (χ2v) is 8.47. The molecule has 0 unspecified atom stereocenters. The Balaban J connectivity index is 1.22. The number of hydrogen-bond acceptors (Lipinski definition) is 2. The van der Waals surface area contributed by atoms with E-state index in [1.54, 1.807) is 0 Å². The van der Waals surface area contributed by atoms with E-state index in [0.29, 0.717) is 24.9 Å². The zero-order valence-corrected chi connectivity index (χ0v) is 15.8. The van der Waals surface area contributed by atoms with Gasteiger partial charge in [-0.3, -0.25) is 9.59 Å². The predicted molar refractivity (Wildman–Crippen MR) is 102 cm³/mol. The van der Waals surface area contributed by atoms with Gasteiger partial charge >= 0.3 is 0 Å². The zero-order valence-electron chi connectivity index (χ0n) is 15.8. The highest BCUT2D eigenvalue weighted by Gasteiger charge is 2.43. The number of amides is 2. The summed E-state index contributed by atoms with van der Waals surface area (Å²) < 4.78 is 0. The zero-order chi connectivity index (χ0) is 18.1. The molecule has 3 fully saturated rings. The van der Waals surface area contributed by atoms with Gasteiger partial charge in [-0.1, -0.05) is 29.8 Å². The van der Waals surface area contributed by atoms with Crippen LogP contribution in [0.25, 0.3) is 0 Å². The molecule has 3 aliphatic rings. The number of aryl methyl sites for hydroxylation is 2. The first-order chi connectivity index (χ1) is 12.6. The first kappa shape index (κ1) is 17.6. The van der Waals surface area contributed by atoms with E-state index < -0.39 is 0 Å². The first-order valence-corrected chi connectivity index (χ1v) is 10.2. The molecular weight excluding hydrogens is 324 g/mol. The highest BCUT2D eigenvalue weighted by molar-refractivity contribution is 5.89. The summed E-state index contributed by atoms with van der Waals surface area (Å²) in [5, 5.41) is 0. The molecule has 1 aromatic rings. The van der Waals surface area contributed by atoms with E-state index in [1.165, 1.54) is 17.5 Å². The average Bonchev–Trinajstić information content (AvgIpc) is 3.43. The van der Waals surface area contributed by atoms with Gasteiger partial charge in [0.25, 0.3) is 0 Å². The summed E-state index contributed by atoms with van der Waals surface area (Å²) in [5.41, 5.74) is 2.73. The molecule has 0 N–H and O–H groups in total. The van der Waals surface area contributed by atoms with Gasteiger partial charge in [0.15, 0.2) is 0 Å². The molecule has 1 aromatic carbocycles. The van der Waals surface area contributed by atoms with E-state index in [2.05, 4.69) is 31.2 Å². The van der Waals surface area contributed by atoms with Crippen LogP contribution in [-0.2, 0) is 16.0 Å². The predicted octanol–water partition coefficient (Wildman–Crippen LogP) is 3.18. The van der Waals surface area contributed by atoms with Crippen LogP contribution in [0.5, 0.6) is 0 Å². The number of benzene rings is 1. The molecule has 1 aliphatic carbocycles. The largest absolute Gasteiger partial charge is 0.342 e. The lowest BCUT2D eigenvalue weighted by Crippen LogP contribution is -2.42. The van der Waals surface area contributed by atoms with Gasteiger partial charge < -0.3 is 9.80 Å². The van der Waals surface area contributed by atoms with Gasteiger partial charge in [0.2, 0.25) is 11.8 Å². The number of hydrogen-bond donors (Lipinski definition) is 0. The minimum atomic E-state index is -0.0905. The molecule has 0 radical (unpaired) electrons. The minimum absolute atomic E-state index is 0.0905. The van der Waals surface area contributed by atoms with Crippen molar-refractivity contribution in [1.82, 2.24) is 9.80 Å². The van der Waals surface area contributed by atoms with Gasteiger partial charge in [-0.05, 0) is 56.9 Å². The monoisotopic (exact) mass is 354 g/mol. The van der Waals surface area contributed by atoms with Gasteiger partial charge in [0, 0.05) is 32.1 Å². The van der Waals surface area contributed by atoms with Gasteiger partial charge in [0.05, 0.1) is 5.92 Å². The molecule has 4 nitrogen and oxygen atoms in total. The normalized spacial score (nSPS) is 24.3. The van der Waals surface area contributed by atoms with Crippen molar-refractivity contribution in [3.8, 4) is 0 Å². The Morgan fingerprint density at radius 3 is 2.42 bits per heavy atom. The summed E-state index contributed by atoms with van der Waals surface area (Å²) in [5.74, 6) is 1.04. The number of likely N-dealkylation sites (tertiary alicyclic amines) is 2. The standard InChI is InChI=1S/C22H30N2O2/c1-16-2-4-17(5-3-16)6-7-18-10-12-23(13-11-18)22(26)19-14-21(25)24(15-19)20-8-9-20/h2-5,18-20H,6-15H2,1H3/t19-/m1/s1. The van der Waals surface area contributed by atoms with Crippen molar-refractivity contribution in [3.63, 3.8) is 0 Å². The molecule has 4 rings (SSSR count). The molecule has 26 heavy (non-hydrogen) atoms. The Labute approximate surface area is 156 Å². The summed E-state index contributed by atoms with van der Waals surface area (Å²) in [6, 6.07) is 9.27. The Kier molecular flexibility index (Phi) is 5.01. The molecule has 140 valence electrons. The van der Waals surface area contributed by atoms with Crippen LogP contribution in [0.3, 0.4) is 0 Å². The molecular formula is C22H30N2O2. The van der Waals surface area contributed by atoms with Gasteiger partial charge in [-0.25, -0.2) is 0 Å². The third-order valence-corrected chi connectivity index (χ3v) is 6.38. The Hall–Kier alpha value is -1.84. The van der Waals surface area contributed by atoms with Crippen LogP contribution in [-0.4, -0.2) is 47.3 Å². The van der Waals surface area contributed by atoms with Gasteiger partial charge in [0.1, 0.15) is 0 Å². The van der Waals surface area contributed by atoms with Crippen molar-refractivity contribution in [3.05, 3.63) is 35.4 Å². The van der Waals surface area contributed by atoms with Crippen molar-refractivity contribution >= 4 is 11.8 Å². The van der Waals surface area contributed by atoms with E-state index >= 15 is 0 Å². The molecule has 1 atom stereocenters. The molecule has 2 heterocycles. The lowest BCUT2D eigenvalue weighted by atomic mass is 9.90. The third kappa shape index (κ3) is 3.94. The minimum Gasteiger partial charge on any atom is -0.342 e. The van der Waals surface area contributed by atoms with Crippen molar-refractivity contribution in [1.29, 1.82) is 0 Å². The fraction of sp³-hybridized carbons (Fsp3) is 0.636. The molecule has 2 amide bonds. The molecule has 0 bridgehead atoms. The van der Waals surface area contributed by atoms with E-state index in [-0.39, 0.29) is 17.7 Å². The van der Waals surface area contributed by atoms with Crippen LogP contribution >= 0.6 is 0 Å². The number of carbonyl (C=O) groups is 2. The third-order valence-electron chi connectivity index (χ3n) is 6.38. The fourth-order valence-electron chi connectivity index (χ4n) is 4.46. The van der Waals surface area contributed by atoms with Crippen molar-refractivity contribution in [2.45, 2.75) is 57.9 Å². The van der Waals surface area contributed by atoms with Gasteiger partial charge in [-0.15, -0.1) is 0 Å². The van der Waals surface area contributed by atoms with Gasteiger partial charge in [-0.2, -0.15) is 0 Å². The highest BCUT2D eigenvalue weighted by Crippen LogP contribution is 2.33. The highest BCUT2D eigenvalue weighted by atomic mass is 16.2. The summed E-state index contributed by atoms with van der Waals surface area (Å²) in [6.07, 6.45) is 7.23. The Bertz CT molecular complexity index is 657. The molecule has 0 spiro atoms. The van der Waals surface area contributed by atoms with E-state index in [1.807, 2.05) is 9.80 Å². The quantitative estimate of drug-likeness (QED) is 0.815. The summed E-state index contributed by atoms with van der Waals surface area (Å²) in [4.78, 5) is 28.9. The number of rotatable bonds is 5.